The SMILES string of the molecule is CC(O)CC(C)(C)CNC(=O)C=Cc1ccccc1Br. The summed E-state index contributed by atoms with van der Waals surface area (Å²) in [6, 6.07) is 7.72. The van der Waals surface area contributed by atoms with Crippen molar-refractivity contribution in [3.8, 4) is 0 Å². The lowest BCUT2D eigenvalue weighted by Crippen LogP contribution is -2.34. The summed E-state index contributed by atoms with van der Waals surface area (Å²) < 4.78 is 0.957. The van der Waals surface area contributed by atoms with Crippen LogP contribution in [0.1, 0.15) is 32.8 Å². The van der Waals surface area contributed by atoms with Gasteiger partial charge in [0.15, 0.2) is 0 Å². The van der Waals surface area contributed by atoms with Gasteiger partial charge in [-0.2, -0.15) is 0 Å². The predicted molar refractivity (Wildman–Crippen MR) is 86.3 cm³/mol. The van der Waals surface area contributed by atoms with Crippen molar-refractivity contribution >= 4 is 27.9 Å². The molecule has 0 aliphatic rings. The van der Waals surface area contributed by atoms with Gasteiger partial charge in [-0.05, 0) is 36.5 Å². The van der Waals surface area contributed by atoms with Gasteiger partial charge in [0, 0.05) is 17.1 Å². The Morgan fingerprint density at radius 3 is 2.70 bits per heavy atom. The molecular formula is C16H22BrNO2. The van der Waals surface area contributed by atoms with Crippen molar-refractivity contribution in [2.75, 3.05) is 6.54 Å². The van der Waals surface area contributed by atoms with Crippen molar-refractivity contribution in [1.29, 1.82) is 0 Å². The van der Waals surface area contributed by atoms with Crippen LogP contribution in [0.5, 0.6) is 0 Å². The number of nitrogens with one attached hydrogen (secondary N) is 1. The lowest BCUT2D eigenvalue weighted by Gasteiger charge is -2.26. The Morgan fingerprint density at radius 2 is 2.10 bits per heavy atom. The van der Waals surface area contributed by atoms with Crippen LogP contribution in [-0.2, 0) is 4.79 Å². The van der Waals surface area contributed by atoms with Gasteiger partial charge in [-0.1, -0.05) is 48.0 Å². The Morgan fingerprint density at radius 1 is 1.45 bits per heavy atom. The minimum Gasteiger partial charge on any atom is -0.393 e. The zero-order valence-electron chi connectivity index (χ0n) is 12.2. The second kappa shape index (κ2) is 7.60. The lowest BCUT2D eigenvalue weighted by atomic mass is 9.87. The van der Waals surface area contributed by atoms with Gasteiger partial charge in [-0.3, -0.25) is 4.79 Å². The third-order valence-corrected chi connectivity index (χ3v) is 3.63. The number of amides is 1. The summed E-state index contributed by atoms with van der Waals surface area (Å²) in [6.45, 7) is 6.35. The highest BCUT2D eigenvalue weighted by atomic mass is 79.9. The minimum atomic E-state index is -0.363. The van der Waals surface area contributed by atoms with E-state index in [9.17, 15) is 9.90 Å². The molecule has 0 spiro atoms. The van der Waals surface area contributed by atoms with E-state index in [0.717, 1.165) is 10.0 Å². The van der Waals surface area contributed by atoms with E-state index in [0.29, 0.717) is 13.0 Å². The fraction of sp³-hybridized carbons (Fsp3) is 0.438. The molecule has 0 fully saturated rings. The topological polar surface area (TPSA) is 49.3 Å². The first-order chi connectivity index (χ1) is 9.30. The van der Waals surface area contributed by atoms with E-state index in [1.54, 1.807) is 13.0 Å². The molecule has 0 saturated carbocycles. The molecule has 1 unspecified atom stereocenters. The molecule has 1 aromatic carbocycles. The van der Waals surface area contributed by atoms with Crippen molar-refractivity contribution < 1.29 is 9.90 Å². The number of benzene rings is 1. The molecule has 3 nitrogen and oxygen atoms in total. The molecule has 0 radical (unpaired) electrons. The van der Waals surface area contributed by atoms with Crippen LogP contribution >= 0.6 is 15.9 Å². The van der Waals surface area contributed by atoms with E-state index in [1.165, 1.54) is 6.08 Å². The third kappa shape index (κ3) is 6.35. The first-order valence-electron chi connectivity index (χ1n) is 6.69. The van der Waals surface area contributed by atoms with Crippen LogP contribution in [0.4, 0.5) is 0 Å². The van der Waals surface area contributed by atoms with Crippen LogP contribution in [0.25, 0.3) is 6.08 Å². The average Bonchev–Trinajstić information content (AvgIpc) is 2.34. The average molecular weight is 340 g/mol. The first kappa shape index (κ1) is 16.9. The van der Waals surface area contributed by atoms with Crippen molar-refractivity contribution in [3.63, 3.8) is 0 Å². The summed E-state index contributed by atoms with van der Waals surface area (Å²) in [6.07, 6.45) is 3.60. The Kier molecular flexibility index (Phi) is 6.43. The molecular weight excluding hydrogens is 318 g/mol. The molecule has 2 N–H and O–H groups in total. The van der Waals surface area contributed by atoms with Gasteiger partial charge < -0.3 is 10.4 Å². The summed E-state index contributed by atoms with van der Waals surface area (Å²) in [5.41, 5.74) is 0.844. The molecule has 0 saturated heterocycles. The molecule has 0 aliphatic carbocycles. The molecule has 1 rings (SSSR count). The smallest absolute Gasteiger partial charge is 0.244 e. The van der Waals surface area contributed by atoms with Crippen molar-refractivity contribution in [2.24, 2.45) is 5.41 Å². The zero-order valence-corrected chi connectivity index (χ0v) is 13.8. The number of carbonyl (C=O) groups is 1. The van der Waals surface area contributed by atoms with Crippen LogP contribution in [0.3, 0.4) is 0 Å². The zero-order chi connectivity index (χ0) is 15.2. The highest BCUT2D eigenvalue weighted by molar-refractivity contribution is 9.10. The standard InChI is InChI=1S/C16H22BrNO2/c1-12(19)10-16(2,3)11-18-15(20)9-8-13-6-4-5-7-14(13)17/h4-9,12,19H,10-11H2,1-3H3,(H,18,20). The molecule has 20 heavy (non-hydrogen) atoms. The second-order valence-electron chi connectivity index (χ2n) is 5.79. The predicted octanol–water partition coefficient (Wildman–Crippen LogP) is 3.38. The van der Waals surface area contributed by atoms with Gasteiger partial charge in [0.25, 0.3) is 0 Å². The van der Waals surface area contributed by atoms with E-state index in [-0.39, 0.29) is 17.4 Å². The quantitative estimate of drug-likeness (QED) is 0.780. The highest BCUT2D eigenvalue weighted by Crippen LogP contribution is 2.21. The summed E-state index contributed by atoms with van der Waals surface area (Å²) in [5, 5.41) is 12.3. The number of hydrogen-bond acceptors (Lipinski definition) is 2. The Labute approximate surface area is 129 Å². The monoisotopic (exact) mass is 339 g/mol. The maximum Gasteiger partial charge on any atom is 0.244 e. The molecule has 0 bridgehead atoms. The number of hydrogen-bond donors (Lipinski definition) is 2. The molecule has 1 atom stereocenters. The third-order valence-electron chi connectivity index (χ3n) is 2.91. The first-order valence-corrected chi connectivity index (χ1v) is 7.48. The van der Waals surface area contributed by atoms with Gasteiger partial charge in [0.2, 0.25) is 5.91 Å². The number of carbonyl (C=O) groups excluding carboxylic acids is 1. The molecule has 110 valence electrons. The van der Waals surface area contributed by atoms with Gasteiger partial charge in [0.1, 0.15) is 0 Å². The Bertz CT molecular complexity index is 481. The van der Waals surface area contributed by atoms with E-state index in [2.05, 4.69) is 21.2 Å². The van der Waals surface area contributed by atoms with Crippen LogP contribution in [-0.4, -0.2) is 23.7 Å². The summed E-state index contributed by atoms with van der Waals surface area (Å²) in [7, 11) is 0. The fourth-order valence-electron chi connectivity index (χ4n) is 2.03. The van der Waals surface area contributed by atoms with Crippen molar-refractivity contribution in [1.82, 2.24) is 5.32 Å². The highest BCUT2D eigenvalue weighted by Gasteiger charge is 2.20. The van der Waals surface area contributed by atoms with E-state index < -0.39 is 0 Å². The molecule has 4 heteroatoms. The minimum absolute atomic E-state index is 0.120. The number of rotatable bonds is 6. The van der Waals surface area contributed by atoms with Gasteiger partial charge in [0.05, 0.1) is 6.10 Å². The normalized spacial score (nSPS) is 13.4. The molecule has 0 aliphatic heterocycles. The van der Waals surface area contributed by atoms with Crippen LogP contribution < -0.4 is 5.32 Å². The van der Waals surface area contributed by atoms with Crippen molar-refractivity contribution in [3.05, 3.63) is 40.4 Å². The molecule has 0 heterocycles. The molecule has 1 aromatic rings. The number of aliphatic hydroxyl groups is 1. The van der Waals surface area contributed by atoms with E-state index >= 15 is 0 Å². The number of halogens is 1. The van der Waals surface area contributed by atoms with Gasteiger partial charge >= 0.3 is 0 Å². The summed E-state index contributed by atoms with van der Waals surface area (Å²) in [5.74, 6) is -0.126. The van der Waals surface area contributed by atoms with Gasteiger partial charge in [-0.15, -0.1) is 0 Å². The van der Waals surface area contributed by atoms with Crippen LogP contribution in [0.15, 0.2) is 34.8 Å². The largest absolute Gasteiger partial charge is 0.393 e. The van der Waals surface area contributed by atoms with Crippen molar-refractivity contribution in [2.45, 2.75) is 33.3 Å². The van der Waals surface area contributed by atoms with E-state index in [4.69, 9.17) is 0 Å². The maximum absolute atomic E-state index is 11.8. The second-order valence-corrected chi connectivity index (χ2v) is 6.64. The summed E-state index contributed by atoms with van der Waals surface area (Å²) >= 11 is 3.43. The molecule has 0 aromatic heterocycles. The number of aliphatic hydroxyl groups excluding tert-OH is 1. The Balaban J connectivity index is 2.50. The maximum atomic E-state index is 11.8. The lowest BCUT2D eigenvalue weighted by molar-refractivity contribution is -0.117. The Hall–Kier alpha value is -1.13. The molecule has 1 amide bonds. The fourth-order valence-corrected chi connectivity index (χ4v) is 2.45. The van der Waals surface area contributed by atoms with E-state index in [1.807, 2.05) is 38.1 Å². The van der Waals surface area contributed by atoms with Crippen LogP contribution in [0, 0.1) is 5.41 Å². The summed E-state index contributed by atoms with van der Waals surface area (Å²) in [4.78, 5) is 11.8. The van der Waals surface area contributed by atoms with Crippen LogP contribution in [0.2, 0.25) is 0 Å². The van der Waals surface area contributed by atoms with Gasteiger partial charge in [-0.25, -0.2) is 0 Å².